The van der Waals surface area contributed by atoms with Crippen LogP contribution in [0.5, 0.6) is 0 Å². The van der Waals surface area contributed by atoms with Gasteiger partial charge < -0.3 is 20.3 Å². The molecule has 0 rings (SSSR count). The van der Waals surface area contributed by atoms with E-state index in [1.165, 1.54) is 135 Å². The van der Waals surface area contributed by atoms with Gasteiger partial charge in [-0.25, -0.2) is 0 Å². The lowest BCUT2D eigenvalue weighted by Crippen LogP contribution is -2.46. The van der Waals surface area contributed by atoms with Crippen LogP contribution in [0, 0.1) is 0 Å². The number of rotatable bonds is 49. The SMILES string of the molecule is CCCCC/C=C\C/C=C\C/C=C\CCCCCCCCC(=O)OC(CCCCCCCCC/C=C\C/C=C\CCCCC)CC(=O)NC(CO)C(O)CCCCCCCCCCC. The molecule has 0 aliphatic heterocycles. The van der Waals surface area contributed by atoms with Crippen LogP contribution in [0.1, 0.15) is 271 Å². The molecule has 1 amide bonds. The van der Waals surface area contributed by atoms with E-state index in [0.29, 0.717) is 19.3 Å². The van der Waals surface area contributed by atoms with Crippen molar-refractivity contribution in [1.29, 1.82) is 0 Å². The third-order valence-electron chi connectivity index (χ3n) is 12.3. The lowest BCUT2D eigenvalue weighted by molar-refractivity contribution is -0.151. The van der Waals surface area contributed by atoms with Crippen LogP contribution in [0.15, 0.2) is 60.8 Å². The van der Waals surface area contributed by atoms with E-state index in [1.807, 2.05) is 0 Å². The Kier molecular flexibility index (Phi) is 49.6. The highest BCUT2D eigenvalue weighted by Crippen LogP contribution is 2.18. The number of amides is 1. The van der Waals surface area contributed by atoms with E-state index >= 15 is 0 Å². The average molecular weight is 896 g/mol. The maximum atomic E-state index is 13.2. The molecule has 0 aromatic rings. The number of hydrogen-bond acceptors (Lipinski definition) is 5. The normalized spacial score (nSPS) is 13.6. The molecule has 6 nitrogen and oxygen atoms in total. The van der Waals surface area contributed by atoms with Gasteiger partial charge in [-0.2, -0.15) is 0 Å². The number of aliphatic hydroxyl groups excluding tert-OH is 2. The number of allylic oxidation sites excluding steroid dienone is 10. The third-order valence-corrected chi connectivity index (χ3v) is 12.3. The zero-order valence-corrected chi connectivity index (χ0v) is 42.4. The average Bonchev–Trinajstić information content (AvgIpc) is 3.29. The van der Waals surface area contributed by atoms with Gasteiger partial charge in [0.1, 0.15) is 6.10 Å². The minimum Gasteiger partial charge on any atom is -0.462 e. The minimum atomic E-state index is -0.793. The van der Waals surface area contributed by atoms with Crippen molar-refractivity contribution < 1.29 is 24.5 Å². The Morgan fingerprint density at radius 2 is 0.797 bits per heavy atom. The summed E-state index contributed by atoms with van der Waals surface area (Å²) in [6.45, 7) is 6.42. The molecule has 3 atom stereocenters. The second kappa shape index (κ2) is 51.5. The quantitative estimate of drug-likeness (QED) is 0.0321. The number of ether oxygens (including phenoxy) is 1. The second-order valence-corrected chi connectivity index (χ2v) is 18.6. The lowest BCUT2D eigenvalue weighted by atomic mass is 10.0. The van der Waals surface area contributed by atoms with Crippen molar-refractivity contribution in [2.24, 2.45) is 0 Å². The number of aliphatic hydroxyl groups is 2. The number of carbonyl (C=O) groups excluding carboxylic acids is 2. The Balaban J connectivity index is 4.58. The minimum absolute atomic E-state index is 0.0659. The summed E-state index contributed by atoms with van der Waals surface area (Å²) in [4.78, 5) is 26.2. The van der Waals surface area contributed by atoms with Crippen LogP contribution in [0.25, 0.3) is 0 Å². The van der Waals surface area contributed by atoms with E-state index in [4.69, 9.17) is 4.74 Å². The fraction of sp³-hybridized carbons (Fsp3) is 0.793. The molecule has 0 bridgehead atoms. The summed E-state index contributed by atoms with van der Waals surface area (Å²) in [5.74, 6) is -0.492. The smallest absolute Gasteiger partial charge is 0.306 e. The Bertz CT molecular complexity index is 1140. The predicted octanol–water partition coefficient (Wildman–Crippen LogP) is 16.8. The molecule has 6 heteroatoms. The summed E-state index contributed by atoms with van der Waals surface area (Å²) >= 11 is 0. The van der Waals surface area contributed by atoms with E-state index in [-0.39, 0.29) is 24.9 Å². The highest BCUT2D eigenvalue weighted by Gasteiger charge is 2.24. The van der Waals surface area contributed by atoms with Gasteiger partial charge in [0.15, 0.2) is 0 Å². The molecule has 0 heterocycles. The van der Waals surface area contributed by atoms with Crippen molar-refractivity contribution in [1.82, 2.24) is 5.32 Å². The van der Waals surface area contributed by atoms with Gasteiger partial charge in [0, 0.05) is 6.42 Å². The Labute approximate surface area is 397 Å². The van der Waals surface area contributed by atoms with Crippen LogP contribution in [0.2, 0.25) is 0 Å². The Morgan fingerprint density at radius 3 is 1.23 bits per heavy atom. The molecule has 0 fully saturated rings. The zero-order valence-electron chi connectivity index (χ0n) is 42.4. The van der Waals surface area contributed by atoms with Gasteiger partial charge in [0.05, 0.1) is 25.2 Å². The van der Waals surface area contributed by atoms with E-state index in [1.54, 1.807) is 0 Å². The van der Waals surface area contributed by atoms with Crippen LogP contribution in [0.4, 0.5) is 0 Å². The number of esters is 1. The highest BCUT2D eigenvalue weighted by atomic mass is 16.5. The summed E-state index contributed by atoms with van der Waals surface area (Å²) < 4.78 is 5.94. The van der Waals surface area contributed by atoms with Crippen LogP contribution < -0.4 is 5.32 Å². The van der Waals surface area contributed by atoms with Crippen molar-refractivity contribution >= 4 is 11.9 Å². The zero-order chi connectivity index (χ0) is 46.7. The third kappa shape index (κ3) is 46.1. The summed E-state index contributed by atoms with van der Waals surface area (Å²) in [5, 5.41) is 23.7. The van der Waals surface area contributed by atoms with Gasteiger partial charge in [0.25, 0.3) is 0 Å². The topological polar surface area (TPSA) is 95.9 Å². The first-order valence-corrected chi connectivity index (χ1v) is 27.5. The number of hydrogen-bond donors (Lipinski definition) is 3. The number of nitrogens with one attached hydrogen (secondary N) is 1. The van der Waals surface area contributed by atoms with Gasteiger partial charge in [-0.15, -0.1) is 0 Å². The summed E-state index contributed by atoms with van der Waals surface area (Å²) in [7, 11) is 0. The first-order chi connectivity index (χ1) is 31.5. The molecule has 0 saturated carbocycles. The lowest BCUT2D eigenvalue weighted by Gasteiger charge is -2.24. The highest BCUT2D eigenvalue weighted by molar-refractivity contribution is 5.77. The van der Waals surface area contributed by atoms with Crippen LogP contribution >= 0.6 is 0 Å². The van der Waals surface area contributed by atoms with E-state index < -0.39 is 18.2 Å². The molecule has 372 valence electrons. The van der Waals surface area contributed by atoms with E-state index in [2.05, 4.69) is 86.8 Å². The van der Waals surface area contributed by atoms with Crippen molar-refractivity contribution in [2.45, 2.75) is 289 Å². The summed E-state index contributed by atoms with van der Waals surface area (Å²) in [5.41, 5.74) is 0. The molecule has 0 saturated heterocycles. The van der Waals surface area contributed by atoms with Crippen LogP contribution in [-0.2, 0) is 14.3 Å². The predicted molar refractivity (Wildman–Crippen MR) is 278 cm³/mol. The van der Waals surface area contributed by atoms with Gasteiger partial charge in [-0.05, 0) is 96.3 Å². The molecule has 0 radical (unpaired) electrons. The van der Waals surface area contributed by atoms with E-state index in [9.17, 15) is 19.8 Å². The van der Waals surface area contributed by atoms with Gasteiger partial charge >= 0.3 is 5.97 Å². The summed E-state index contributed by atoms with van der Waals surface area (Å²) in [6, 6.07) is -0.707. The molecule has 3 unspecified atom stereocenters. The molecule has 0 aliphatic rings. The fourth-order valence-corrected chi connectivity index (χ4v) is 8.11. The molecule has 3 N–H and O–H groups in total. The molecular weight excluding hydrogens is 791 g/mol. The van der Waals surface area contributed by atoms with Gasteiger partial charge in [-0.1, -0.05) is 223 Å². The number of carbonyl (C=O) groups is 2. The standard InChI is InChI=1S/C58H105NO5/c1-4-7-10-13-16-19-21-23-25-27-28-30-32-34-36-39-42-45-48-51-58(63)64-54(49-46-43-40-38-35-33-31-29-26-24-22-20-17-14-11-8-5-2)52-57(62)59-55(53-60)56(61)50-47-44-41-37-18-15-12-9-6-3/h16-17,19-20,23-26,28,30,54-56,60-61H,4-15,18,21-22,27,29,31-53H2,1-3H3,(H,59,62)/b19-16-,20-17-,25-23-,26-24-,30-28-. The van der Waals surface area contributed by atoms with Crippen LogP contribution in [-0.4, -0.2) is 46.9 Å². The van der Waals surface area contributed by atoms with Crippen LogP contribution in [0.3, 0.4) is 0 Å². The molecule has 0 aromatic heterocycles. The van der Waals surface area contributed by atoms with E-state index in [0.717, 1.165) is 89.9 Å². The first-order valence-electron chi connectivity index (χ1n) is 27.5. The van der Waals surface area contributed by atoms with Crippen molar-refractivity contribution in [3.63, 3.8) is 0 Å². The van der Waals surface area contributed by atoms with Crippen molar-refractivity contribution in [3.8, 4) is 0 Å². The maximum absolute atomic E-state index is 13.2. The number of unbranched alkanes of at least 4 members (excludes halogenated alkanes) is 27. The molecule has 0 spiro atoms. The second-order valence-electron chi connectivity index (χ2n) is 18.6. The largest absolute Gasteiger partial charge is 0.462 e. The molecule has 64 heavy (non-hydrogen) atoms. The Morgan fingerprint density at radius 1 is 0.453 bits per heavy atom. The van der Waals surface area contributed by atoms with Gasteiger partial charge in [-0.3, -0.25) is 9.59 Å². The summed E-state index contributed by atoms with van der Waals surface area (Å²) in [6.07, 6.45) is 64.2. The molecule has 0 aliphatic carbocycles. The molecular formula is C58H105NO5. The van der Waals surface area contributed by atoms with Crippen molar-refractivity contribution in [2.75, 3.05) is 6.61 Å². The first kappa shape index (κ1) is 61.6. The van der Waals surface area contributed by atoms with Gasteiger partial charge in [0.2, 0.25) is 5.91 Å². The molecule has 0 aromatic carbocycles. The van der Waals surface area contributed by atoms with Crippen molar-refractivity contribution in [3.05, 3.63) is 60.8 Å². The Hall–Kier alpha value is -2.44. The fourth-order valence-electron chi connectivity index (χ4n) is 8.11. The monoisotopic (exact) mass is 896 g/mol. The maximum Gasteiger partial charge on any atom is 0.306 e.